The molecule has 1 aliphatic rings. The lowest BCUT2D eigenvalue weighted by Gasteiger charge is -2.43. The number of aliphatic hydroxyl groups is 1. The van der Waals surface area contributed by atoms with E-state index in [-0.39, 0.29) is 11.7 Å². The first kappa shape index (κ1) is 14.5. The zero-order valence-electron chi connectivity index (χ0n) is 12.0. The van der Waals surface area contributed by atoms with Gasteiger partial charge in [0.05, 0.1) is 5.60 Å². The molecule has 1 aliphatic carbocycles. The Balaban J connectivity index is 2.38. The van der Waals surface area contributed by atoms with E-state index in [1.165, 1.54) is 6.07 Å². The zero-order chi connectivity index (χ0) is 14.0. The fraction of sp³-hybridized carbons (Fsp3) is 0.625. The van der Waals surface area contributed by atoms with Crippen molar-refractivity contribution in [2.24, 2.45) is 5.92 Å². The molecule has 0 saturated heterocycles. The Morgan fingerprint density at radius 3 is 2.84 bits per heavy atom. The third-order valence-corrected chi connectivity index (χ3v) is 4.32. The molecule has 1 unspecified atom stereocenters. The standard InChI is InChI=1S/C16H24FNO/c1-11(2)15-14-5-4-13(17)10-12(14)6-7-16(15,19)8-9-18-3/h4-5,10-11,15,18-19H,6-9H2,1-3H3/t15-,16?/m0/s1. The van der Waals surface area contributed by atoms with E-state index in [1.807, 2.05) is 13.1 Å². The number of nitrogens with one attached hydrogen (secondary N) is 1. The lowest BCUT2D eigenvalue weighted by Crippen LogP contribution is -2.44. The van der Waals surface area contributed by atoms with E-state index in [4.69, 9.17) is 0 Å². The molecule has 19 heavy (non-hydrogen) atoms. The monoisotopic (exact) mass is 265 g/mol. The Kier molecular flexibility index (Phi) is 4.26. The number of fused-ring (bicyclic) bond motifs is 1. The first-order valence-electron chi connectivity index (χ1n) is 7.13. The van der Waals surface area contributed by atoms with Crippen LogP contribution in [0.2, 0.25) is 0 Å². The van der Waals surface area contributed by atoms with Crippen molar-refractivity contribution in [1.29, 1.82) is 0 Å². The summed E-state index contributed by atoms with van der Waals surface area (Å²) in [6, 6.07) is 5.00. The van der Waals surface area contributed by atoms with E-state index in [9.17, 15) is 9.50 Å². The smallest absolute Gasteiger partial charge is 0.123 e. The van der Waals surface area contributed by atoms with Crippen LogP contribution in [0.25, 0.3) is 0 Å². The van der Waals surface area contributed by atoms with Crippen LogP contribution in [-0.2, 0) is 6.42 Å². The van der Waals surface area contributed by atoms with Crippen LogP contribution >= 0.6 is 0 Å². The minimum atomic E-state index is -0.679. The van der Waals surface area contributed by atoms with Gasteiger partial charge in [0.2, 0.25) is 0 Å². The molecule has 0 amide bonds. The maximum Gasteiger partial charge on any atom is 0.123 e. The highest BCUT2D eigenvalue weighted by atomic mass is 19.1. The summed E-state index contributed by atoms with van der Waals surface area (Å²) in [6.45, 7) is 5.07. The topological polar surface area (TPSA) is 32.3 Å². The first-order valence-corrected chi connectivity index (χ1v) is 7.13. The summed E-state index contributed by atoms with van der Waals surface area (Å²) < 4.78 is 13.3. The highest BCUT2D eigenvalue weighted by Crippen LogP contribution is 2.45. The number of halogens is 1. The molecule has 2 rings (SSSR count). The van der Waals surface area contributed by atoms with Gasteiger partial charge in [-0.1, -0.05) is 19.9 Å². The normalized spacial score (nSPS) is 26.5. The molecule has 1 aromatic rings. The maximum absolute atomic E-state index is 13.3. The van der Waals surface area contributed by atoms with Crippen molar-refractivity contribution >= 4 is 0 Å². The molecule has 0 spiro atoms. The lowest BCUT2D eigenvalue weighted by molar-refractivity contribution is -0.0238. The molecule has 0 heterocycles. The summed E-state index contributed by atoms with van der Waals surface area (Å²) in [5.74, 6) is 0.249. The Hall–Kier alpha value is -0.930. The average Bonchev–Trinajstić information content (AvgIpc) is 2.36. The van der Waals surface area contributed by atoms with Crippen LogP contribution in [-0.4, -0.2) is 24.3 Å². The van der Waals surface area contributed by atoms with Gasteiger partial charge >= 0.3 is 0 Å². The Morgan fingerprint density at radius 1 is 1.47 bits per heavy atom. The van der Waals surface area contributed by atoms with Crippen molar-refractivity contribution in [1.82, 2.24) is 5.32 Å². The van der Waals surface area contributed by atoms with Gasteiger partial charge in [0.25, 0.3) is 0 Å². The number of rotatable bonds is 4. The van der Waals surface area contributed by atoms with Gasteiger partial charge in [-0.15, -0.1) is 0 Å². The summed E-state index contributed by atoms with van der Waals surface area (Å²) in [4.78, 5) is 0. The number of aryl methyl sites for hydroxylation is 1. The second-order valence-corrected chi connectivity index (χ2v) is 6.02. The van der Waals surface area contributed by atoms with E-state index in [1.54, 1.807) is 6.07 Å². The van der Waals surface area contributed by atoms with Crippen molar-refractivity contribution < 1.29 is 9.50 Å². The minimum absolute atomic E-state index is 0.0881. The third kappa shape index (κ3) is 2.82. The van der Waals surface area contributed by atoms with Crippen LogP contribution in [0.1, 0.15) is 43.7 Å². The van der Waals surface area contributed by atoms with Crippen molar-refractivity contribution in [3.63, 3.8) is 0 Å². The summed E-state index contributed by atoms with van der Waals surface area (Å²) in [6.07, 6.45) is 2.22. The van der Waals surface area contributed by atoms with E-state index in [0.29, 0.717) is 12.3 Å². The van der Waals surface area contributed by atoms with Crippen LogP contribution in [0.3, 0.4) is 0 Å². The fourth-order valence-corrected chi connectivity index (χ4v) is 3.49. The predicted molar refractivity (Wildman–Crippen MR) is 75.8 cm³/mol. The second-order valence-electron chi connectivity index (χ2n) is 6.02. The van der Waals surface area contributed by atoms with E-state index < -0.39 is 5.60 Å². The molecule has 106 valence electrons. The molecule has 0 fully saturated rings. The van der Waals surface area contributed by atoms with Crippen molar-refractivity contribution in [2.75, 3.05) is 13.6 Å². The highest BCUT2D eigenvalue weighted by Gasteiger charge is 2.42. The van der Waals surface area contributed by atoms with Gasteiger partial charge in [-0.3, -0.25) is 0 Å². The third-order valence-electron chi connectivity index (χ3n) is 4.32. The van der Waals surface area contributed by atoms with E-state index in [2.05, 4.69) is 19.2 Å². The SMILES string of the molecule is CNCCC1(O)CCc2cc(F)ccc2[C@@H]1C(C)C. The van der Waals surface area contributed by atoms with Gasteiger partial charge in [0.15, 0.2) is 0 Å². The van der Waals surface area contributed by atoms with E-state index in [0.717, 1.165) is 30.5 Å². The summed E-state index contributed by atoms with van der Waals surface area (Å²) >= 11 is 0. The number of benzene rings is 1. The Labute approximate surface area is 115 Å². The predicted octanol–water partition coefficient (Wildman–Crippen LogP) is 2.85. The van der Waals surface area contributed by atoms with Gasteiger partial charge < -0.3 is 10.4 Å². The van der Waals surface area contributed by atoms with Crippen LogP contribution < -0.4 is 5.32 Å². The van der Waals surface area contributed by atoms with Gasteiger partial charge in [0.1, 0.15) is 5.82 Å². The molecule has 2 atom stereocenters. The number of hydrogen-bond donors (Lipinski definition) is 2. The van der Waals surface area contributed by atoms with Crippen LogP contribution in [0.5, 0.6) is 0 Å². The second kappa shape index (κ2) is 5.59. The quantitative estimate of drug-likeness (QED) is 0.877. The Bertz CT molecular complexity index is 446. The molecule has 0 saturated carbocycles. The molecule has 0 bridgehead atoms. The fourth-order valence-electron chi connectivity index (χ4n) is 3.49. The zero-order valence-corrected chi connectivity index (χ0v) is 12.0. The molecule has 0 aromatic heterocycles. The molecular weight excluding hydrogens is 241 g/mol. The molecule has 1 aromatic carbocycles. The molecular formula is C16H24FNO. The maximum atomic E-state index is 13.3. The average molecular weight is 265 g/mol. The molecule has 2 nitrogen and oxygen atoms in total. The van der Waals surface area contributed by atoms with Gasteiger partial charge in [0, 0.05) is 5.92 Å². The van der Waals surface area contributed by atoms with Crippen molar-refractivity contribution in [2.45, 2.75) is 44.6 Å². The van der Waals surface area contributed by atoms with E-state index >= 15 is 0 Å². The van der Waals surface area contributed by atoms with Crippen LogP contribution in [0.4, 0.5) is 4.39 Å². The lowest BCUT2D eigenvalue weighted by atomic mass is 9.66. The summed E-state index contributed by atoms with van der Waals surface area (Å²) in [7, 11) is 1.90. The van der Waals surface area contributed by atoms with Gasteiger partial charge in [-0.05, 0) is 62.0 Å². The van der Waals surface area contributed by atoms with Gasteiger partial charge in [-0.2, -0.15) is 0 Å². The van der Waals surface area contributed by atoms with Gasteiger partial charge in [-0.25, -0.2) is 4.39 Å². The Morgan fingerprint density at radius 2 is 2.21 bits per heavy atom. The first-order chi connectivity index (χ1) is 8.98. The van der Waals surface area contributed by atoms with Crippen molar-refractivity contribution in [3.8, 4) is 0 Å². The summed E-state index contributed by atoms with van der Waals surface area (Å²) in [5, 5.41) is 14.1. The van der Waals surface area contributed by atoms with Crippen molar-refractivity contribution in [3.05, 3.63) is 35.1 Å². The number of hydrogen-bond acceptors (Lipinski definition) is 2. The molecule has 0 aliphatic heterocycles. The van der Waals surface area contributed by atoms with Crippen LogP contribution in [0, 0.1) is 11.7 Å². The van der Waals surface area contributed by atoms with Crippen LogP contribution in [0.15, 0.2) is 18.2 Å². The largest absolute Gasteiger partial charge is 0.389 e. The molecule has 2 N–H and O–H groups in total. The molecule has 0 radical (unpaired) electrons. The molecule has 3 heteroatoms. The summed E-state index contributed by atoms with van der Waals surface area (Å²) in [5.41, 5.74) is 1.51. The minimum Gasteiger partial charge on any atom is -0.389 e. The highest BCUT2D eigenvalue weighted by molar-refractivity contribution is 5.36.